The molecule has 112 valence electrons. The molecule has 0 aliphatic carbocycles. The first-order chi connectivity index (χ1) is 9.52. The van der Waals surface area contributed by atoms with E-state index in [-0.39, 0.29) is 12.4 Å². The monoisotopic (exact) mass is 284 g/mol. The molecule has 0 saturated carbocycles. The average molecular weight is 284 g/mol. The third-order valence-corrected chi connectivity index (χ3v) is 2.45. The van der Waals surface area contributed by atoms with Crippen LogP contribution >= 0.6 is 0 Å². The number of halogens is 1. The lowest BCUT2D eigenvalue weighted by molar-refractivity contribution is 0.0314. The fraction of sp³-hybridized carbons (Fsp3) is 0.500. The molecular weight excluding hydrogens is 263 g/mol. The van der Waals surface area contributed by atoms with Crippen LogP contribution in [0.4, 0.5) is 4.39 Å². The first-order valence-corrected chi connectivity index (χ1v) is 6.45. The molecule has 20 heavy (non-hydrogen) atoms. The average Bonchev–Trinajstić information content (AvgIpc) is 2.40. The summed E-state index contributed by atoms with van der Waals surface area (Å²) in [6.45, 7) is 6.01. The Morgan fingerprint density at radius 2 is 2.00 bits per heavy atom. The number of rotatable bonds is 8. The summed E-state index contributed by atoms with van der Waals surface area (Å²) in [7, 11) is 0. The van der Waals surface area contributed by atoms with Gasteiger partial charge in [-0.15, -0.1) is 0 Å². The molecule has 0 bridgehead atoms. The molecule has 0 aliphatic rings. The van der Waals surface area contributed by atoms with Crippen molar-refractivity contribution >= 4 is 5.84 Å². The van der Waals surface area contributed by atoms with Gasteiger partial charge in [0.1, 0.15) is 5.82 Å². The maximum atomic E-state index is 13.4. The predicted molar refractivity (Wildman–Crippen MR) is 74.2 cm³/mol. The van der Waals surface area contributed by atoms with Crippen LogP contribution in [0.2, 0.25) is 0 Å². The zero-order chi connectivity index (χ0) is 15.0. The number of nitrogens with zero attached hydrogens (tertiary/aromatic N) is 1. The summed E-state index contributed by atoms with van der Waals surface area (Å²) in [6, 6.07) is 4.17. The highest BCUT2D eigenvalue weighted by atomic mass is 19.1. The van der Waals surface area contributed by atoms with Gasteiger partial charge in [0, 0.05) is 12.2 Å². The van der Waals surface area contributed by atoms with Gasteiger partial charge in [-0.25, -0.2) is 4.39 Å². The third kappa shape index (κ3) is 5.99. The van der Waals surface area contributed by atoms with Crippen LogP contribution in [0.3, 0.4) is 0 Å². The third-order valence-electron chi connectivity index (χ3n) is 2.45. The normalized spacial score (nSPS) is 12.1. The van der Waals surface area contributed by atoms with Crippen molar-refractivity contribution < 1.29 is 19.1 Å². The minimum absolute atomic E-state index is 0.133. The minimum Gasteiger partial charge on any atom is -0.409 e. The van der Waals surface area contributed by atoms with Gasteiger partial charge < -0.3 is 20.4 Å². The number of amidine groups is 1. The zero-order valence-corrected chi connectivity index (χ0v) is 11.8. The molecule has 0 unspecified atom stereocenters. The summed E-state index contributed by atoms with van der Waals surface area (Å²) in [5.74, 6) is -0.101. The molecule has 5 nitrogen and oxygen atoms in total. The molecule has 0 spiro atoms. The van der Waals surface area contributed by atoms with E-state index in [1.807, 2.05) is 0 Å². The van der Waals surface area contributed by atoms with Crippen LogP contribution in [0.5, 0.6) is 0 Å². The van der Waals surface area contributed by atoms with E-state index >= 15 is 0 Å². The Morgan fingerprint density at radius 3 is 2.65 bits per heavy atom. The molecule has 0 saturated heterocycles. The zero-order valence-electron chi connectivity index (χ0n) is 11.8. The molecule has 1 aromatic rings. The van der Waals surface area contributed by atoms with Crippen molar-refractivity contribution in [3.63, 3.8) is 0 Å². The van der Waals surface area contributed by atoms with Crippen molar-refractivity contribution in [2.45, 2.75) is 20.5 Å². The Morgan fingerprint density at radius 1 is 1.30 bits per heavy atom. The molecule has 0 radical (unpaired) electrons. The lowest BCUT2D eigenvalue weighted by Gasteiger charge is -2.08. The molecule has 0 heterocycles. The van der Waals surface area contributed by atoms with E-state index in [0.717, 1.165) is 0 Å². The van der Waals surface area contributed by atoms with Crippen LogP contribution in [0, 0.1) is 11.7 Å². The number of nitrogens with two attached hydrogens (primary N) is 1. The number of benzene rings is 1. The summed E-state index contributed by atoms with van der Waals surface area (Å²) in [5, 5.41) is 11.4. The Balaban J connectivity index is 2.42. The van der Waals surface area contributed by atoms with Crippen LogP contribution in [0.1, 0.15) is 25.0 Å². The maximum absolute atomic E-state index is 13.4. The predicted octanol–water partition coefficient (Wildman–Crippen LogP) is 2.11. The second kappa shape index (κ2) is 8.50. The minimum atomic E-state index is -0.455. The van der Waals surface area contributed by atoms with Crippen molar-refractivity contribution in [1.82, 2.24) is 0 Å². The largest absolute Gasteiger partial charge is 0.409 e. The van der Waals surface area contributed by atoms with Gasteiger partial charge in [-0.05, 0) is 29.7 Å². The number of ether oxygens (including phenoxy) is 2. The van der Waals surface area contributed by atoms with E-state index in [1.54, 1.807) is 6.07 Å². The molecule has 0 atom stereocenters. The van der Waals surface area contributed by atoms with Gasteiger partial charge in [0.2, 0.25) is 0 Å². The van der Waals surface area contributed by atoms with E-state index in [0.29, 0.717) is 36.9 Å². The highest BCUT2D eigenvalue weighted by Gasteiger charge is 2.05. The van der Waals surface area contributed by atoms with Gasteiger partial charge in [-0.3, -0.25) is 0 Å². The molecule has 1 rings (SSSR count). The van der Waals surface area contributed by atoms with Gasteiger partial charge >= 0.3 is 0 Å². The van der Waals surface area contributed by atoms with E-state index < -0.39 is 5.82 Å². The van der Waals surface area contributed by atoms with Crippen LogP contribution in [-0.4, -0.2) is 30.9 Å². The summed E-state index contributed by atoms with van der Waals surface area (Å²) in [5.41, 5.74) is 6.37. The number of hydrogen-bond donors (Lipinski definition) is 2. The lowest BCUT2D eigenvalue weighted by Crippen LogP contribution is -2.14. The molecule has 0 aliphatic heterocycles. The molecule has 0 aromatic heterocycles. The maximum Gasteiger partial charge on any atom is 0.170 e. The van der Waals surface area contributed by atoms with Crippen molar-refractivity contribution in [3.8, 4) is 0 Å². The summed E-state index contributed by atoms with van der Waals surface area (Å²) in [4.78, 5) is 0. The standard InChI is InChI=1S/C14H21FN2O3/c1-10(2)8-19-3-4-20-9-11-5-12(14(16)17-18)7-13(15)6-11/h5-7,10,18H,3-4,8-9H2,1-2H3,(H2,16,17). The molecule has 3 N–H and O–H groups in total. The van der Waals surface area contributed by atoms with Crippen molar-refractivity contribution in [3.05, 3.63) is 35.1 Å². The van der Waals surface area contributed by atoms with Crippen molar-refractivity contribution in [2.75, 3.05) is 19.8 Å². The molecule has 0 amide bonds. The summed E-state index contributed by atoms with van der Waals surface area (Å²) in [6.07, 6.45) is 0. The molecule has 6 heteroatoms. The fourth-order valence-electron chi connectivity index (χ4n) is 1.57. The van der Waals surface area contributed by atoms with E-state index in [4.69, 9.17) is 20.4 Å². The molecule has 0 fully saturated rings. The smallest absolute Gasteiger partial charge is 0.170 e. The van der Waals surface area contributed by atoms with Crippen LogP contribution in [0.25, 0.3) is 0 Å². The van der Waals surface area contributed by atoms with E-state index in [9.17, 15) is 4.39 Å². The van der Waals surface area contributed by atoms with Crippen LogP contribution in [-0.2, 0) is 16.1 Å². The Labute approximate surface area is 118 Å². The Bertz CT molecular complexity index is 450. The van der Waals surface area contributed by atoms with Crippen molar-refractivity contribution in [2.24, 2.45) is 16.8 Å². The quantitative estimate of drug-likeness (QED) is 0.252. The van der Waals surface area contributed by atoms with Gasteiger partial charge in [-0.1, -0.05) is 19.0 Å². The number of hydrogen-bond acceptors (Lipinski definition) is 4. The SMILES string of the molecule is CC(C)COCCOCc1cc(F)cc(/C(N)=N/O)c1. The molecular formula is C14H21FN2O3. The second-order valence-corrected chi connectivity index (χ2v) is 4.85. The van der Waals surface area contributed by atoms with Crippen LogP contribution in [0.15, 0.2) is 23.4 Å². The highest BCUT2D eigenvalue weighted by molar-refractivity contribution is 5.97. The second-order valence-electron chi connectivity index (χ2n) is 4.85. The number of oxime groups is 1. The molecule has 1 aromatic carbocycles. The van der Waals surface area contributed by atoms with Gasteiger partial charge in [0.25, 0.3) is 0 Å². The van der Waals surface area contributed by atoms with Gasteiger partial charge in [0.15, 0.2) is 5.84 Å². The Kier molecular flexibility index (Phi) is 6.97. The van der Waals surface area contributed by atoms with Crippen LogP contribution < -0.4 is 5.73 Å². The van der Waals surface area contributed by atoms with E-state index in [1.165, 1.54) is 12.1 Å². The summed E-state index contributed by atoms with van der Waals surface area (Å²) < 4.78 is 24.1. The first-order valence-electron chi connectivity index (χ1n) is 6.45. The highest BCUT2D eigenvalue weighted by Crippen LogP contribution is 2.10. The van der Waals surface area contributed by atoms with Gasteiger partial charge in [-0.2, -0.15) is 0 Å². The van der Waals surface area contributed by atoms with Crippen molar-refractivity contribution in [1.29, 1.82) is 0 Å². The first kappa shape index (κ1) is 16.4. The summed E-state index contributed by atoms with van der Waals surface area (Å²) >= 11 is 0. The van der Waals surface area contributed by atoms with Gasteiger partial charge in [0.05, 0.1) is 19.8 Å². The Hall–Kier alpha value is -1.66. The lowest BCUT2D eigenvalue weighted by atomic mass is 10.1. The topological polar surface area (TPSA) is 77.1 Å². The van der Waals surface area contributed by atoms with E-state index in [2.05, 4.69) is 19.0 Å². The fourth-order valence-corrected chi connectivity index (χ4v) is 1.57.